The standard InChI is InChI=1S/C23H20Cl2F3NO3S/c1-13-5-17(3-4-18(13)19(30)9-21(2)11-33-12-21)29-10-22(23(26,27)28,32-20(29)31)14-6-15(24)8-16(25)7-14/h3-8H,9-12H2,1-2H3. The summed E-state index contributed by atoms with van der Waals surface area (Å²) in [7, 11) is 0. The average molecular weight is 518 g/mol. The summed E-state index contributed by atoms with van der Waals surface area (Å²) in [4.78, 5) is 26.3. The molecule has 10 heteroatoms. The molecule has 0 radical (unpaired) electrons. The number of carbonyl (C=O) groups excluding carboxylic acids is 2. The number of benzene rings is 2. The number of anilines is 1. The van der Waals surface area contributed by atoms with Gasteiger partial charge in [0, 0.05) is 33.3 Å². The number of cyclic esters (lactones) is 1. The monoisotopic (exact) mass is 517 g/mol. The van der Waals surface area contributed by atoms with Gasteiger partial charge in [0.05, 0.1) is 6.54 Å². The Morgan fingerprint density at radius 1 is 1.15 bits per heavy atom. The first-order valence-electron chi connectivity index (χ1n) is 10.1. The predicted octanol–water partition coefficient (Wildman–Crippen LogP) is 7.04. The first-order chi connectivity index (χ1) is 15.3. The third-order valence-corrected chi connectivity index (χ3v) is 8.20. The van der Waals surface area contributed by atoms with Crippen LogP contribution < -0.4 is 4.90 Å². The second kappa shape index (κ2) is 8.40. The zero-order valence-corrected chi connectivity index (χ0v) is 20.1. The van der Waals surface area contributed by atoms with Gasteiger partial charge in [0.25, 0.3) is 5.60 Å². The summed E-state index contributed by atoms with van der Waals surface area (Å²) in [6, 6.07) is 8.03. The van der Waals surface area contributed by atoms with Crippen LogP contribution in [0.4, 0.5) is 23.7 Å². The minimum Gasteiger partial charge on any atom is -0.426 e. The van der Waals surface area contributed by atoms with E-state index in [1.807, 2.05) is 0 Å². The summed E-state index contributed by atoms with van der Waals surface area (Å²) in [5.41, 5.74) is -2.05. The number of hydrogen-bond donors (Lipinski definition) is 0. The van der Waals surface area contributed by atoms with Crippen LogP contribution in [-0.2, 0) is 10.3 Å². The molecule has 0 N–H and O–H groups in total. The Kier molecular flexibility index (Phi) is 6.16. The van der Waals surface area contributed by atoms with Crippen LogP contribution in [0.25, 0.3) is 0 Å². The van der Waals surface area contributed by atoms with Gasteiger partial charge in [-0.2, -0.15) is 24.9 Å². The molecule has 2 aliphatic heterocycles. The lowest BCUT2D eigenvalue weighted by molar-refractivity contribution is -0.250. The highest BCUT2D eigenvalue weighted by Gasteiger charge is 2.65. The second-order valence-electron chi connectivity index (χ2n) is 8.84. The van der Waals surface area contributed by atoms with Crippen LogP contribution in [0.15, 0.2) is 36.4 Å². The van der Waals surface area contributed by atoms with E-state index in [-0.39, 0.29) is 32.5 Å². The van der Waals surface area contributed by atoms with Crippen molar-refractivity contribution in [3.05, 3.63) is 63.1 Å². The average Bonchev–Trinajstić information content (AvgIpc) is 3.04. The number of halogens is 5. The van der Waals surface area contributed by atoms with E-state index in [2.05, 4.69) is 6.92 Å². The lowest BCUT2D eigenvalue weighted by Gasteiger charge is -2.37. The van der Waals surface area contributed by atoms with E-state index in [1.165, 1.54) is 18.2 Å². The van der Waals surface area contributed by atoms with Crippen LogP contribution in [0, 0.1) is 12.3 Å². The number of alkyl halides is 3. The first-order valence-corrected chi connectivity index (χ1v) is 12.0. The summed E-state index contributed by atoms with van der Waals surface area (Å²) in [6.45, 7) is 2.95. The van der Waals surface area contributed by atoms with E-state index in [0.29, 0.717) is 17.5 Å². The second-order valence-corrected chi connectivity index (χ2v) is 10.7. The largest absolute Gasteiger partial charge is 0.434 e. The van der Waals surface area contributed by atoms with Crippen molar-refractivity contribution in [3.8, 4) is 0 Å². The molecule has 0 saturated carbocycles. The smallest absolute Gasteiger partial charge is 0.426 e. The van der Waals surface area contributed by atoms with Crippen LogP contribution in [0.2, 0.25) is 10.0 Å². The molecule has 4 nitrogen and oxygen atoms in total. The number of carbonyl (C=O) groups is 2. The maximum absolute atomic E-state index is 14.2. The number of aryl methyl sites for hydroxylation is 1. The normalized spacial score (nSPS) is 22.2. The molecule has 0 aromatic heterocycles. The molecule has 2 aromatic rings. The number of amides is 1. The number of hydrogen-bond acceptors (Lipinski definition) is 4. The zero-order valence-electron chi connectivity index (χ0n) is 17.8. The summed E-state index contributed by atoms with van der Waals surface area (Å²) in [5, 5.41) is -0.0132. The van der Waals surface area contributed by atoms with Gasteiger partial charge in [-0.25, -0.2) is 4.79 Å². The number of thioether (sulfide) groups is 1. The lowest BCUT2D eigenvalue weighted by atomic mass is 9.85. The summed E-state index contributed by atoms with van der Waals surface area (Å²) in [5.74, 6) is 1.81. The van der Waals surface area contributed by atoms with Crippen LogP contribution in [0.1, 0.15) is 34.8 Å². The SMILES string of the molecule is Cc1cc(N2CC(c3cc(Cl)cc(Cl)c3)(C(F)(F)F)OC2=O)ccc1C(=O)CC1(C)CSC1. The summed E-state index contributed by atoms with van der Waals surface area (Å²) < 4.78 is 47.7. The first kappa shape index (κ1) is 24.2. The van der Waals surface area contributed by atoms with E-state index in [9.17, 15) is 22.8 Å². The highest BCUT2D eigenvalue weighted by Crippen LogP contribution is 2.48. The highest BCUT2D eigenvalue weighted by molar-refractivity contribution is 8.00. The maximum Gasteiger partial charge on any atom is 0.434 e. The molecule has 176 valence electrons. The van der Waals surface area contributed by atoms with Crippen molar-refractivity contribution in [3.63, 3.8) is 0 Å². The summed E-state index contributed by atoms with van der Waals surface area (Å²) in [6.07, 6.45) is -5.67. The molecule has 0 spiro atoms. The van der Waals surface area contributed by atoms with E-state index < -0.39 is 24.4 Å². The van der Waals surface area contributed by atoms with Gasteiger partial charge in [-0.1, -0.05) is 30.1 Å². The van der Waals surface area contributed by atoms with E-state index in [4.69, 9.17) is 27.9 Å². The predicted molar refractivity (Wildman–Crippen MR) is 124 cm³/mol. The minimum atomic E-state index is -4.92. The third-order valence-electron chi connectivity index (χ3n) is 5.96. The fourth-order valence-electron chi connectivity index (χ4n) is 4.13. The Balaban J connectivity index is 1.65. The van der Waals surface area contributed by atoms with Crippen molar-refractivity contribution >= 4 is 52.5 Å². The van der Waals surface area contributed by atoms with Gasteiger partial charge in [0.2, 0.25) is 0 Å². The Hall–Kier alpha value is -1.90. The van der Waals surface area contributed by atoms with Gasteiger partial charge in [0.1, 0.15) is 0 Å². The van der Waals surface area contributed by atoms with Crippen molar-refractivity contribution in [1.29, 1.82) is 0 Å². The van der Waals surface area contributed by atoms with Crippen LogP contribution in [0.5, 0.6) is 0 Å². The molecule has 2 aromatic carbocycles. The van der Waals surface area contributed by atoms with Crippen molar-refractivity contribution in [2.45, 2.75) is 32.0 Å². The molecule has 0 aliphatic carbocycles. The van der Waals surface area contributed by atoms with E-state index in [1.54, 1.807) is 24.8 Å². The highest BCUT2D eigenvalue weighted by atomic mass is 35.5. The zero-order chi connectivity index (χ0) is 24.2. The molecule has 1 unspecified atom stereocenters. The van der Waals surface area contributed by atoms with Gasteiger partial charge < -0.3 is 4.74 Å². The van der Waals surface area contributed by atoms with Crippen molar-refractivity contribution in [2.75, 3.05) is 23.0 Å². The van der Waals surface area contributed by atoms with Crippen molar-refractivity contribution in [1.82, 2.24) is 0 Å². The number of ketones is 1. The van der Waals surface area contributed by atoms with Crippen molar-refractivity contribution < 1.29 is 27.5 Å². The van der Waals surface area contributed by atoms with Gasteiger partial charge in [-0.15, -0.1) is 0 Å². The minimum absolute atomic E-state index is 0.00658. The quantitative estimate of drug-likeness (QED) is 0.399. The third kappa shape index (κ3) is 4.45. The molecule has 2 heterocycles. The molecular weight excluding hydrogens is 498 g/mol. The molecule has 1 atom stereocenters. The van der Waals surface area contributed by atoms with E-state index >= 15 is 0 Å². The fourth-order valence-corrected chi connectivity index (χ4v) is 5.76. The molecule has 2 saturated heterocycles. The van der Waals surface area contributed by atoms with Crippen LogP contribution >= 0.6 is 35.0 Å². The van der Waals surface area contributed by atoms with Gasteiger partial charge in [-0.3, -0.25) is 9.69 Å². The van der Waals surface area contributed by atoms with Crippen molar-refractivity contribution in [2.24, 2.45) is 5.41 Å². The Morgan fingerprint density at radius 3 is 2.30 bits per heavy atom. The van der Waals surface area contributed by atoms with Gasteiger partial charge in [0.15, 0.2) is 5.78 Å². The lowest BCUT2D eigenvalue weighted by Crippen LogP contribution is -2.46. The Morgan fingerprint density at radius 2 is 1.79 bits per heavy atom. The molecule has 1 amide bonds. The topological polar surface area (TPSA) is 46.6 Å². The molecule has 33 heavy (non-hydrogen) atoms. The number of ether oxygens (including phenoxy) is 1. The van der Waals surface area contributed by atoms with Gasteiger partial charge >= 0.3 is 12.3 Å². The molecule has 0 bridgehead atoms. The number of Topliss-reactive ketones (excluding diaryl/α,β-unsaturated/α-hetero) is 1. The van der Waals surface area contributed by atoms with E-state index in [0.717, 1.165) is 28.5 Å². The molecular formula is C23H20Cl2F3NO3S. The van der Waals surface area contributed by atoms with Gasteiger partial charge in [-0.05, 0) is 65.8 Å². The Labute approximate surface area is 203 Å². The fraction of sp³-hybridized carbons (Fsp3) is 0.391. The molecule has 2 aliphatic rings. The molecule has 4 rings (SSSR count). The van der Waals surface area contributed by atoms with Crippen LogP contribution in [0.3, 0.4) is 0 Å². The number of rotatable bonds is 5. The Bertz CT molecular complexity index is 1120. The summed E-state index contributed by atoms with van der Waals surface area (Å²) >= 11 is 13.6. The molecule has 2 fully saturated rings. The maximum atomic E-state index is 14.2. The van der Waals surface area contributed by atoms with Crippen LogP contribution in [-0.4, -0.2) is 36.1 Å². The number of nitrogens with zero attached hydrogens (tertiary/aromatic N) is 1.